The first kappa shape index (κ1) is 21.7. The third kappa shape index (κ3) is 5.77. The third-order valence-electron chi connectivity index (χ3n) is 5.33. The van der Waals surface area contributed by atoms with Gasteiger partial charge in [0.05, 0.1) is 5.92 Å². The van der Waals surface area contributed by atoms with Crippen LogP contribution in [0.5, 0.6) is 0 Å². The number of carbonyl (C=O) groups excluding carboxylic acids is 1. The molecule has 1 saturated heterocycles. The van der Waals surface area contributed by atoms with E-state index in [0.717, 1.165) is 40.7 Å². The van der Waals surface area contributed by atoms with Gasteiger partial charge in [0, 0.05) is 41.9 Å². The van der Waals surface area contributed by atoms with Gasteiger partial charge in [-0.15, -0.1) is 0 Å². The number of rotatable bonds is 6. The van der Waals surface area contributed by atoms with Crippen LogP contribution in [0.3, 0.4) is 0 Å². The molecule has 0 spiro atoms. The number of amides is 1. The summed E-state index contributed by atoms with van der Waals surface area (Å²) in [6, 6.07) is 16.0. The monoisotopic (exact) mass is 452 g/mol. The van der Waals surface area contributed by atoms with Gasteiger partial charge in [-0.25, -0.2) is 9.97 Å². The van der Waals surface area contributed by atoms with Crippen LogP contribution < -0.4 is 10.2 Å². The van der Waals surface area contributed by atoms with E-state index in [1.165, 1.54) is 5.56 Å². The van der Waals surface area contributed by atoms with Gasteiger partial charge in [-0.05, 0) is 49.6 Å². The number of benzene rings is 2. The van der Waals surface area contributed by atoms with Crippen molar-refractivity contribution in [2.45, 2.75) is 36.2 Å². The molecule has 4 rings (SSSR count). The predicted molar refractivity (Wildman–Crippen MR) is 126 cm³/mol. The normalized spacial score (nSPS) is 16.2. The van der Waals surface area contributed by atoms with Gasteiger partial charge in [0.15, 0.2) is 5.82 Å². The van der Waals surface area contributed by atoms with E-state index in [1.54, 1.807) is 24.2 Å². The van der Waals surface area contributed by atoms with Crippen LogP contribution in [0.1, 0.15) is 24.0 Å². The summed E-state index contributed by atoms with van der Waals surface area (Å²) in [5.41, 5.74) is 2.23. The Bertz CT molecular complexity index is 1040. The molecule has 160 valence electrons. The quantitative estimate of drug-likeness (QED) is 0.562. The number of aryl methyl sites for hydroxylation is 1. The first-order chi connectivity index (χ1) is 15.1. The number of hydrogen-bond donors (Lipinski definition) is 1. The lowest BCUT2D eigenvalue weighted by Gasteiger charge is -2.33. The second-order valence-electron chi connectivity index (χ2n) is 7.73. The predicted octanol–water partition coefficient (Wildman–Crippen LogP) is 5.12. The van der Waals surface area contributed by atoms with Gasteiger partial charge in [-0.2, -0.15) is 0 Å². The fourth-order valence-corrected chi connectivity index (χ4v) is 4.78. The number of hydrogen-bond acceptors (Lipinski definition) is 5. The third-order valence-corrected chi connectivity index (χ3v) is 6.55. The van der Waals surface area contributed by atoms with Crippen LogP contribution in [-0.2, 0) is 11.3 Å². The zero-order valence-corrected chi connectivity index (χ0v) is 19.0. The molecule has 2 heterocycles. The van der Waals surface area contributed by atoms with Crippen LogP contribution in [0.2, 0.25) is 5.02 Å². The Morgan fingerprint density at radius 3 is 2.81 bits per heavy atom. The number of nitrogens with zero attached hydrogens (tertiary/aromatic N) is 3. The molecule has 1 fully saturated rings. The summed E-state index contributed by atoms with van der Waals surface area (Å²) in [4.78, 5) is 25.3. The summed E-state index contributed by atoms with van der Waals surface area (Å²) >= 11 is 7.65. The van der Waals surface area contributed by atoms with Gasteiger partial charge in [0.25, 0.3) is 0 Å². The van der Waals surface area contributed by atoms with Crippen molar-refractivity contribution in [1.82, 2.24) is 15.3 Å². The summed E-state index contributed by atoms with van der Waals surface area (Å²) in [5, 5.41) is 4.61. The summed E-state index contributed by atoms with van der Waals surface area (Å²) in [7, 11) is 0. The minimum absolute atomic E-state index is 0.0707. The number of nitrogens with one attached hydrogen (secondary N) is 1. The van der Waals surface area contributed by atoms with Gasteiger partial charge in [0.2, 0.25) is 5.91 Å². The average Bonchev–Trinajstić information content (AvgIpc) is 2.79. The Morgan fingerprint density at radius 1 is 1.19 bits per heavy atom. The van der Waals surface area contributed by atoms with Gasteiger partial charge in [-0.1, -0.05) is 53.2 Å². The largest absolute Gasteiger partial charge is 0.354 e. The summed E-state index contributed by atoms with van der Waals surface area (Å²) in [6.07, 6.45) is 5.26. The Kier molecular flexibility index (Phi) is 7.10. The molecule has 0 saturated carbocycles. The molecule has 31 heavy (non-hydrogen) atoms. The average molecular weight is 453 g/mol. The smallest absolute Gasteiger partial charge is 0.225 e. The fraction of sp³-hybridized carbons (Fsp3) is 0.292. The number of piperidine rings is 1. The SMILES string of the molecule is Cc1ccc(Sc2nccnc2N2CCC[C@H](C(=O)NCc3cccc(Cl)c3)C2)cc1. The molecular formula is C24H25ClN4OS. The van der Waals surface area contributed by atoms with E-state index < -0.39 is 0 Å². The second-order valence-corrected chi connectivity index (χ2v) is 9.23. The van der Waals surface area contributed by atoms with Crippen molar-refractivity contribution in [2.24, 2.45) is 5.92 Å². The molecule has 1 aliphatic heterocycles. The number of anilines is 1. The lowest BCUT2D eigenvalue weighted by molar-refractivity contribution is -0.125. The van der Waals surface area contributed by atoms with Crippen molar-refractivity contribution in [1.29, 1.82) is 0 Å². The zero-order chi connectivity index (χ0) is 21.6. The molecule has 2 aromatic carbocycles. The summed E-state index contributed by atoms with van der Waals surface area (Å²) < 4.78 is 0. The van der Waals surface area contributed by atoms with E-state index in [4.69, 9.17) is 11.6 Å². The van der Waals surface area contributed by atoms with E-state index in [2.05, 4.69) is 51.4 Å². The molecule has 1 atom stereocenters. The Balaban J connectivity index is 1.42. The highest BCUT2D eigenvalue weighted by molar-refractivity contribution is 7.99. The molecular weight excluding hydrogens is 428 g/mol. The van der Waals surface area contributed by atoms with E-state index in [1.807, 2.05) is 24.3 Å². The lowest BCUT2D eigenvalue weighted by atomic mass is 9.97. The van der Waals surface area contributed by atoms with Gasteiger partial charge in [0.1, 0.15) is 5.03 Å². The van der Waals surface area contributed by atoms with E-state index in [9.17, 15) is 4.79 Å². The minimum Gasteiger partial charge on any atom is -0.354 e. The highest BCUT2D eigenvalue weighted by Crippen LogP contribution is 2.34. The lowest BCUT2D eigenvalue weighted by Crippen LogP contribution is -2.43. The van der Waals surface area contributed by atoms with E-state index in [0.29, 0.717) is 18.1 Å². The number of carbonyl (C=O) groups is 1. The molecule has 1 N–H and O–H groups in total. The van der Waals surface area contributed by atoms with Crippen LogP contribution in [0, 0.1) is 12.8 Å². The topological polar surface area (TPSA) is 58.1 Å². The Hall–Kier alpha value is -2.57. The van der Waals surface area contributed by atoms with Crippen LogP contribution in [0.4, 0.5) is 5.82 Å². The summed E-state index contributed by atoms with van der Waals surface area (Å²) in [6.45, 7) is 4.07. The van der Waals surface area contributed by atoms with Crippen molar-refractivity contribution >= 4 is 35.1 Å². The van der Waals surface area contributed by atoms with Gasteiger partial charge >= 0.3 is 0 Å². The van der Waals surface area contributed by atoms with Gasteiger partial charge < -0.3 is 10.2 Å². The van der Waals surface area contributed by atoms with Crippen molar-refractivity contribution < 1.29 is 4.79 Å². The van der Waals surface area contributed by atoms with Crippen molar-refractivity contribution in [3.05, 3.63) is 77.1 Å². The Morgan fingerprint density at radius 2 is 2.00 bits per heavy atom. The van der Waals surface area contributed by atoms with E-state index in [-0.39, 0.29) is 11.8 Å². The highest BCUT2D eigenvalue weighted by atomic mass is 35.5. The maximum atomic E-state index is 12.8. The molecule has 1 aromatic heterocycles. The zero-order valence-electron chi connectivity index (χ0n) is 17.4. The maximum Gasteiger partial charge on any atom is 0.225 e. The molecule has 0 aliphatic carbocycles. The number of halogens is 1. The van der Waals surface area contributed by atoms with Crippen LogP contribution in [0.15, 0.2) is 70.8 Å². The molecule has 0 unspecified atom stereocenters. The first-order valence-electron chi connectivity index (χ1n) is 10.4. The molecule has 1 aliphatic rings. The first-order valence-corrected chi connectivity index (χ1v) is 11.6. The maximum absolute atomic E-state index is 12.8. The molecule has 5 nitrogen and oxygen atoms in total. The van der Waals surface area contributed by atoms with Crippen molar-refractivity contribution in [3.8, 4) is 0 Å². The fourth-order valence-electron chi connectivity index (χ4n) is 3.69. The molecule has 7 heteroatoms. The van der Waals surface area contributed by atoms with Crippen LogP contribution >= 0.6 is 23.4 Å². The molecule has 0 radical (unpaired) electrons. The minimum atomic E-state index is -0.0767. The van der Waals surface area contributed by atoms with Gasteiger partial charge in [-0.3, -0.25) is 4.79 Å². The molecule has 1 amide bonds. The number of aromatic nitrogens is 2. The van der Waals surface area contributed by atoms with E-state index >= 15 is 0 Å². The Labute approximate surface area is 192 Å². The van der Waals surface area contributed by atoms with Crippen LogP contribution in [0.25, 0.3) is 0 Å². The second kappa shape index (κ2) is 10.2. The van der Waals surface area contributed by atoms with Crippen molar-refractivity contribution in [3.63, 3.8) is 0 Å². The van der Waals surface area contributed by atoms with Crippen molar-refractivity contribution in [2.75, 3.05) is 18.0 Å². The standard InChI is InChI=1S/C24H25ClN4OS/c1-17-7-9-21(10-8-17)31-24-22(26-11-12-27-24)29-13-3-5-19(16-29)23(30)28-15-18-4-2-6-20(25)14-18/h2,4,6-12,14,19H,3,5,13,15-16H2,1H3,(H,28,30)/t19-/m0/s1. The highest BCUT2D eigenvalue weighted by Gasteiger charge is 2.28. The summed E-state index contributed by atoms with van der Waals surface area (Å²) in [5.74, 6) is 0.842. The van der Waals surface area contributed by atoms with Crippen LogP contribution in [-0.4, -0.2) is 29.0 Å². The molecule has 3 aromatic rings. The molecule has 0 bridgehead atoms.